The first-order valence-corrected chi connectivity index (χ1v) is 8.06. The second kappa shape index (κ2) is 5.24. The summed E-state index contributed by atoms with van der Waals surface area (Å²) >= 11 is 0. The van der Waals surface area contributed by atoms with Crippen LogP contribution in [0.4, 0.5) is 0 Å². The number of nitrogens with one attached hydrogen (secondary N) is 2. The van der Waals surface area contributed by atoms with E-state index in [0.29, 0.717) is 0 Å². The number of aromatic nitrogens is 3. The van der Waals surface area contributed by atoms with Crippen LogP contribution in [0.2, 0.25) is 0 Å². The molecule has 0 saturated carbocycles. The molecule has 120 valence electrons. The molecule has 22 heavy (non-hydrogen) atoms. The van der Waals surface area contributed by atoms with Gasteiger partial charge >= 0.3 is 0 Å². The SMILES string of the molecule is Cc1noc(C)c1S(=O)(=O)NC(=O)c1cc(C(C)(C)C)[nH]n1. The Balaban J connectivity index is 2.27. The lowest BCUT2D eigenvalue weighted by Crippen LogP contribution is -2.31. The second-order valence-electron chi connectivity index (χ2n) is 6.00. The van der Waals surface area contributed by atoms with E-state index in [-0.39, 0.29) is 27.5 Å². The Morgan fingerprint density at radius 2 is 1.95 bits per heavy atom. The normalized spacial score (nSPS) is 12.4. The van der Waals surface area contributed by atoms with Crippen molar-refractivity contribution in [2.45, 2.75) is 44.9 Å². The van der Waals surface area contributed by atoms with Gasteiger partial charge in [0.25, 0.3) is 15.9 Å². The van der Waals surface area contributed by atoms with E-state index in [2.05, 4.69) is 15.4 Å². The molecule has 2 aromatic heterocycles. The van der Waals surface area contributed by atoms with Crippen LogP contribution < -0.4 is 4.72 Å². The second-order valence-corrected chi connectivity index (χ2v) is 7.62. The Morgan fingerprint density at radius 3 is 2.41 bits per heavy atom. The number of carbonyl (C=O) groups is 1. The number of sulfonamides is 1. The zero-order valence-corrected chi connectivity index (χ0v) is 13.8. The van der Waals surface area contributed by atoms with Gasteiger partial charge in [-0.3, -0.25) is 9.89 Å². The molecule has 0 unspecified atom stereocenters. The standard InChI is InChI=1S/C13H18N4O4S/c1-7-11(8(2)21-16-7)22(19,20)17-12(18)9-6-10(15-14-9)13(3,4)5/h6H,1-5H3,(H,14,15)(H,17,18). The fourth-order valence-corrected chi connectivity index (χ4v) is 3.20. The summed E-state index contributed by atoms with van der Waals surface area (Å²) in [4.78, 5) is 12.0. The summed E-state index contributed by atoms with van der Waals surface area (Å²) < 4.78 is 31.3. The van der Waals surface area contributed by atoms with E-state index in [1.807, 2.05) is 25.5 Å². The van der Waals surface area contributed by atoms with Crippen LogP contribution in [0, 0.1) is 13.8 Å². The van der Waals surface area contributed by atoms with E-state index in [1.54, 1.807) is 0 Å². The van der Waals surface area contributed by atoms with Gasteiger partial charge < -0.3 is 4.52 Å². The minimum absolute atomic E-state index is 0.000241. The molecule has 0 bridgehead atoms. The summed E-state index contributed by atoms with van der Waals surface area (Å²) in [5.41, 5.74) is 0.689. The average molecular weight is 326 g/mol. The molecule has 0 saturated heterocycles. The van der Waals surface area contributed by atoms with Crippen molar-refractivity contribution < 1.29 is 17.7 Å². The van der Waals surface area contributed by atoms with Crippen LogP contribution in [0.3, 0.4) is 0 Å². The quantitative estimate of drug-likeness (QED) is 0.881. The minimum atomic E-state index is -4.06. The van der Waals surface area contributed by atoms with Gasteiger partial charge in [-0.25, -0.2) is 13.1 Å². The van der Waals surface area contributed by atoms with Crippen LogP contribution in [0.5, 0.6) is 0 Å². The van der Waals surface area contributed by atoms with Crippen LogP contribution in [-0.2, 0) is 15.4 Å². The molecule has 0 atom stereocenters. The van der Waals surface area contributed by atoms with Crippen molar-refractivity contribution in [1.29, 1.82) is 0 Å². The molecule has 2 heterocycles. The highest BCUT2D eigenvalue weighted by atomic mass is 32.2. The minimum Gasteiger partial charge on any atom is -0.360 e. The average Bonchev–Trinajstić information content (AvgIpc) is 2.95. The summed E-state index contributed by atoms with van der Waals surface area (Å²) in [6.07, 6.45) is 0. The number of rotatable bonds is 3. The van der Waals surface area contributed by atoms with E-state index in [1.165, 1.54) is 19.9 Å². The highest BCUT2D eigenvalue weighted by molar-refractivity contribution is 7.90. The highest BCUT2D eigenvalue weighted by Crippen LogP contribution is 2.21. The number of hydrogen-bond acceptors (Lipinski definition) is 6. The Kier molecular flexibility index (Phi) is 3.86. The number of carbonyl (C=O) groups excluding carboxylic acids is 1. The van der Waals surface area contributed by atoms with Gasteiger partial charge in [0.15, 0.2) is 16.3 Å². The molecule has 0 fully saturated rings. The lowest BCUT2D eigenvalue weighted by atomic mass is 9.92. The van der Waals surface area contributed by atoms with Crippen LogP contribution in [-0.4, -0.2) is 29.7 Å². The highest BCUT2D eigenvalue weighted by Gasteiger charge is 2.28. The summed E-state index contributed by atoms with van der Waals surface area (Å²) in [6.45, 7) is 8.79. The zero-order valence-electron chi connectivity index (χ0n) is 13.0. The van der Waals surface area contributed by atoms with Crippen LogP contribution in [0.15, 0.2) is 15.5 Å². The molecule has 9 heteroatoms. The van der Waals surface area contributed by atoms with Crippen molar-refractivity contribution >= 4 is 15.9 Å². The molecule has 1 amide bonds. The Bertz CT molecular complexity index is 792. The monoisotopic (exact) mass is 326 g/mol. The third kappa shape index (κ3) is 3.03. The van der Waals surface area contributed by atoms with Gasteiger partial charge in [-0.05, 0) is 19.9 Å². The van der Waals surface area contributed by atoms with Gasteiger partial charge in [0.05, 0.1) is 0 Å². The van der Waals surface area contributed by atoms with E-state index in [4.69, 9.17) is 4.52 Å². The Labute approximate surface area is 128 Å². The summed E-state index contributed by atoms with van der Waals surface area (Å²) in [7, 11) is -4.06. The zero-order chi connectivity index (χ0) is 16.7. The van der Waals surface area contributed by atoms with Crippen molar-refractivity contribution in [2.75, 3.05) is 0 Å². The predicted octanol–water partition coefficient (Wildman–Crippen LogP) is 1.43. The maximum atomic E-state index is 12.3. The van der Waals surface area contributed by atoms with Gasteiger partial charge in [0.2, 0.25) is 0 Å². The first kappa shape index (κ1) is 16.2. The maximum absolute atomic E-state index is 12.3. The lowest BCUT2D eigenvalue weighted by molar-refractivity contribution is 0.0976. The summed E-state index contributed by atoms with van der Waals surface area (Å²) in [5.74, 6) is -0.693. The largest absolute Gasteiger partial charge is 0.360 e. The van der Waals surface area contributed by atoms with Crippen molar-refractivity contribution in [2.24, 2.45) is 0 Å². The first-order chi connectivity index (χ1) is 10.0. The maximum Gasteiger partial charge on any atom is 0.285 e. The van der Waals surface area contributed by atoms with E-state index in [0.717, 1.165) is 5.69 Å². The molecule has 0 aliphatic heterocycles. The molecule has 8 nitrogen and oxygen atoms in total. The van der Waals surface area contributed by atoms with Crippen LogP contribution >= 0.6 is 0 Å². The van der Waals surface area contributed by atoms with Crippen molar-refractivity contribution in [3.63, 3.8) is 0 Å². The number of amides is 1. The number of aromatic amines is 1. The van der Waals surface area contributed by atoms with Gasteiger partial charge in [-0.15, -0.1) is 0 Å². The van der Waals surface area contributed by atoms with E-state index < -0.39 is 15.9 Å². The fraction of sp³-hybridized carbons (Fsp3) is 0.462. The molecule has 0 radical (unpaired) electrons. The third-order valence-electron chi connectivity index (χ3n) is 3.08. The van der Waals surface area contributed by atoms with Gasteiger partial charge in [0.1, 0.15) is 5.69 Å². The number of aryl methyl sites for hydroxylation is 2. The lowest BCUT2D eigenvalue weighted by Gasteiger charge is -2.14. The topological polar surface area (TPSA) is 118 Å². The molecule has 0 aliphatic rings. The van der Waals surface area contributed by atoms with Gasteiger partial charge in [-0.2, -0.15) is 5.10 Å². The first-order valence-electron chi connectivity index (χ1n) is 6.58. The molecule has 0 spiro atoms. The van der Waals surface area contributed by atoms with Crippen LogP contribution in [0.25, 0.3) is 0 Å². The molecule has 2 N–H and O–H groups in total. The number of hydrogen-bond donors (Lipinski definition) is 2. The molecule has 2 aromatic rings. The Hall–Kier alpha value is -2.16. The summed E-state index contributed by atoms with van der Waals surface area (Å²) in [6, 6.07) is 1.53. The fourth-order valence-electron chi connectivity index (χ4n) is 1.91. The molecule has 0 aromatic carbocycles. The molecule has 0 aliphatic carbocycles. The van der Waals surface area contributed by atoms with Crippen LogP contribution in [0.1, 0.15) is 48.4 Å². The number of H-pyrrole nitrogens is 1. The van der Waals surface area contributed by atoms with E-state index in [9.17, 15) is 13.2 Å². The summed E-state index contributed by atoms with van der Waals surface area (Å²) in [5, 5.41) is 10.2. The van der Waals surface area contributed by atoms with E-state index >= 15 is 0 Å². The van der Waals surface area contributed by atoms with Crippen molar-refractivity contribution in [1.82, 2.24) is 20.1 Å². The van der Waals surface area contributed by atoms with Gasteiger partial charge in [-0.1, -0.05) is 25.9 Å². The molecular formula is C13H18N4O4S. The molecular weight excluding hydrogens is 308 g/mol. The smallest absolute Gasteiger partial charge is 0.285 e. The Morgan fingerprint density at radius 1 is 1.32 bits per heavy atom. The number of nitrogens with zero attached hydrogens (tertiary/aromatic N) is 2. The molecule has 2 rings (SSSR count). The van der Waals surface area contributed by atoms with Gasteiger partial charge in [0, 0.05) is 11.1 Å². The van der Waals surface area contributed by atoms with Crippen molar-refractivity contribution in [3.8, 4) is 0 Å². The van der Waals surface area contributed by atoms with Crippen molar-refractivity contribution in [3.05, 3.63) is 28.9 Å². The predicted molar refractivity (Wildman–Crippen MR) is 77.9 cm³/mol. The third-order valence-corrected chi connectivity index (χ3v) is 4.66.